The van der Waals surface area contributed by atoms with E-state index in [4.69, 9.17) is 4.74 Å². The van der Waals surface area contributed by atoms with Crippen molar-refractivity contribution in [3.8, 4) is 11.7 Å². The highest BCUT2D eigenvalue weighted by Gasteiger charge is 2.26. The van der Waals surface area contributed by atoms with E-state index in [1.54, 1.807) is 30.1 Å². The Morgan fingerprint density at radius 2 is 1.81 bits per heavy atom. The van der Waals surface area contributed by atoms with Gasteiger partial charge in [0.25, 0.3) is 5.91 Å². The van der Waals surface area contributed by atoms with Crippen LogP contribution in [0.2, 0.25) is 0 Å². The van der Waals surface area contributed by atoms with E-state index >= 15 is 0 Å². The first kappa shape index (κ1) is 21.0. The molecule has 31 heavy (non-hydrogen) atoms. The van der Waals surface area contributed by atoms with Gasteiger partial charge in [-0.15, -0.1) is 10.2 Å². The maximum absolute atomic E-state index is 13.2. The largest absolute Gasteiger partial charge is 0.480 e. The fourth-order valence-corrected chi connectivity index (χ4v) is 3.90. The summed E-state index contributed by atoms with van der Waals surface area (Å²) in [4.78, 5) is 17.6. The molecule has 2 aromatic heterocycles. The molecule has 162 valence electrons. The van der Waals surface area contributed by atoms with Gasteiger partial charge in [-0.05, 0) is 24.5 Å². The number of piperazine rings is 1. The number of hydrogen-bond donors (Lipinski definition) is 0. The van der Waals surface area contributed by atoms with Crippen molar-refractivity contribution in [2.24, 2.45) is 0 Å². The van der Waals surface area contributed by atoms with Gasteiger partial charge in [0.15, 0.2) is 5.82 Å². The third kappa shape index (κ3) is 4.74. The molecular weight excluding hydrogens is 392 g/mol. The topological polar surface area (TPSA) is 76.4 Å². The number of methoxy groups -OCH3 is 1. The summed E-state index contributed by atoms with van der Waals surface area (Å²) in [7, 11) is 1.55. The normalized spacial score (nSPS) is 14.6. The molecule has 1 aliphatic rings. The molecule has 0 aliphatic carbocycles. The zero-order valence-electron chi connectivity index (χ0n) is 18.1. The van der Waals surface area contributed by atoms with Crippen LogP contribution in [0.5, 0.6) is 5.88 Å². The van der Waals surface area contributed by atoms with Crippen LogP contribution in [-0.4, -0.2) is 75.5 Å². The summed E-state index contributed by atoms with van der Waals surface area (Å²) >= 11 is 0. The van der Waals surface area contributed by atoms with Gasteiger partial charge >= 0.3 is 0 Å². The van der Waals surface area contributed by atoms with E-state index in [9.17, 15) is 4.79 Å². The Labute approximate surface area is 182 Å². The molecule has 4 rings (SSSR count). The van der Waals surface area contributed by atoms with Crippen molar-refractivity contribution in [3.63, 3.8) is 0 Å². The van der Waals surface area contributed by atoms with Crippen molar-refractivity contribution in [1.82, 2.24) is 29.8 Å². The molecule has 1 amide bonds. The Balaban J connectivity index is 1.39. The molecule has 1 saturated heterocycles. The highest BCUT2D eigenvalue weighted by Crippen LogP contribution is 2.18. The van der Waals surface area contributed by atoms with Gasteiger partial charge in [0.1, 0.15) is 0 Å². The second kappa shape index (κ2) is 9.70. The molecule has 0 atom stereocenters. The summed E-state index contributed by atoms with van der Waals surface area (Å²) in [6.07, 6.45) is 3.35. The highest BCUT2D eigenvalue weighted by molar-refractivity contribution is 5.95. The van der Waals surface area contributed by atoms with Crippen LogP contribution in [0.4, 0.5) is 0 Å². The Morgan fingerprint density at radius 3 is 2.45 bits per heavy atom. The van der Waals surface area contributed by atoms with Crippen LogP contribution < -0.4 is 4.74 Å². The van der Waals surface area contributed by atoms with Gasteiger partial charge in [0.05, 0.1) is 24.6 Å². The fraction of sp³-hybridized carbons (Fsp3) is 0.391. The van der Waals surface area contributed by atoms with Crippen LogP contribution in [-0.2, 0) is 12.8 Å². The van der Waals surface area contributed by atoms with Crippen molar-refractivity contribution < 1.29 is 9.53 Å². The zero-order chi connectivity index (χ0) is 21.6. The molecule has 1 aromatic carbocycles. The van der Waals surface area contributed by atoms with Crippen molar-refractivity contribution in [2.45, 2.75) is 19.8 Å². The molecule has 1 fully saturated rings. The summed E-state index contributed by atoms with van der Waals surface area (Å²) in [5.41, 5.74) is 2.83. The molecule has 1 aliphatic heterocycles. The Morgan fingerprint density at radius 1 is 1.03 bits per heavy atom. The monoisotopic (exact) mass is 420 g/mol. The standard InChI is InChI=1S/C23H28N6O2/c1-3-20-19(17-24-29(20)21-9-10-22(31-2)26-25-21)23(30)28-15-13-27(14-16-28)12-11-18-7-5-4-6-8-18/h4-10,17H,3,11-16H2,1-2H3. The number of rotatable bonds is 7. The molecule has 0 N–H and O–H groups in total. The van der Waals surface area contributed by atoms with E-state index in [0.717, 1.165) is 44.8 Å². The van der Waals surface area contributed by atoms with Crippen LogP contribution in [0.15, 0.2) is 48.7 Å². The summed E-state index contributed by atoms with van der Waals surface area (Å²) in [5, 5.41) is 12.6. The Hall–Kier alpha value is -3.26. The van der Waals surface area contributed by atoms with E-state index in [1.165, 1.54) is 5.56 Å². The number of amides is 1. The lowest BCUT2D eigenvalue weighted by molar-refractivity contribution is 0.0637. The minimum absolute atomic E-state index is 0.0345. The van der Waals surface area contributed by atoms with E-state index in [-0.39, 0.29) is 5.91 Å². The minimum Gasteiger partial charge on any atom is -0.480 e. The molecule has 0 radical (unpaired) electrons. The van der Waals surface area contributed by atoms with Crippen LogP contribution >= 0.6 is 0 Å². The first-order valence-corrected chi connectivity index (χ1v) is 10.7. The van der Waals surface area contributed by atoms with Crippen molar-refractivity contribution in [1.29, 1.82) is 0 Å². The maximum Gasteiger partial charge on any atom is 0.257 e. The Bertz CT molecular complexity index is 995. The third-order valence-electron chi connectivity index (χ3n) is 5.71. The predicted octanol–water partition coefficient (Wildman–Crippen LogP) is 2.23. The second-order valence-electron chi connectivity index (χ2n) is 7.57. The zero-order valence-corrected chi connectivity index (χ0v) is 18.1. The summed E-state index contributed by atoms with van der Waals surface area (Å²) in [5.74, 6) is 1.05. The quantitative estimate of drug-likeness (QED) is 0.584. The molecule has 8 heteroatoms. The third-order valence-corrected chi connectivity index (χ3v) is 5.71. The number of hydrogen-bond acceptors (Lipinski definition) is 6. The average Bonchev–Trinajstić information content (AvgIpc) is 3.27. The molecule has 3 aromatic rings. The first-order valence-electron chi connectivity index (χ1n) is 10.7. The molecule has 0 spiro atoms. The van der Waals surface area contributed by atoms with Gasteiger partial charge in [0, 0.05) is 38.8 Å². The lowest BCUT2D eigenvalue weighted by Crippen LogP contribution is -2.49. The van der Waals surface area contributed by atoms with Crippen LogP contribution in [0.25, 0.3) is 5.82 Å². The van der Waals surface area contributed by atoms with Gasteiger partial charge in [-0.3, -0.25) is 9.69 Å². The number of nitrogens with zero attached hydrogens (tertiary/aromatic N) is 6. The summed E-state index contributed by atoms with van der Waals surface area (Å²) in [6.45, 7) is 6.26. The smallest absolute Gasteiger partial charge is 0.257 e. The van der Waals surface area contributed by atoms with Crippen LogP contribution in [0.1, 0.15) is 28.5 Å². The van der Waals surface area contributed by atoms with Crippen molar-refractivity contribution in [2.75, 3.05) is 39.8 Å². The van der Waals surface area contributed by atoms with E-state index in [2.05, 4.69) is 44.5 Å². The lowest BCUT2D eigenvalue weighted by Gasteiger charge is -2.34. The van der Waals surface area contributed by atoms with Gasteiger partial charge in [-0.2, -0.15) is 5.10 Å². The molecule has 8 nitrogen and oxygen atoms in total. The molecule has 3 heterocycles. The number of benzene rings is 1. The number of carbonyl (C=O) groups excluding carboxylic acids is 1. The fourth-order valence-electron chi connectivity index (χ4n) is 3.90. The van der Waals surface area contributed by atoms with Crippen LogP contribution in [0, 0.1) is 0 Å². The van der Waals surface area contributed by atoms with Crippen molar-refractivity contribution in [3.05, 3.63) is 65.5 Å². The molecule has 0 saturated carbocycles. The molecule has 0 bridgehead atoms. The highest BCUT2D eigenvalue weighted by atomic mass is 16.5. The van der Waals surface area contributed by atoms with Gasteiger partial charge < -0.3 is 9.64 Å². The maximum atomic E-state index is 13.2. The molecule has 0 unspecified atom stereocenters. The molecular formula is C23H28N6O2. The van der Waals surface area contributed by atoms with Crippen LogP contribution in [0.3, 0.4) is 0 Å². The number of ether oxygens (including phenoxy) is 1. The van der Waals surface area contributed by atoms with Gasteiger partial charge in [-0.25, -0.2) is 4.68 Å². The minimum atomic E-state index is 0.0345. The van der Waals surface area contributed by atoms with E-state index in [1.807, 2.05) is 17.9 Å². The van der Waals surface area contributed by atoms with E-state index in [0.29, 0.717) is 23.7 Å². The van der Waals surface area contributed by atoms with Gasteiger partial charge in [0.2, 0.25) is 5.88 Å². The van der Waals surface area contributed by atoms with E-state index < -0.39 is 0 Å². The SMILES string of the molecule is CCc1c(C(=O)N2CCN(CCc3ccccc3)CC2)cnn1-c1ccc(OC)nn1. The average molecular weight is 421 g/mol. The lowest BCUT2D eigenvalue weighted by atomic mass is 10.1. The first-order chi connectivity index (χ1) is 15.2. The number of aromatic nitrogens is 4. The summed E-state index contributed by atoms with van der Waals surface area (Å²) in [6, 6.07) is 14.1. The summed E-state index contributed by atoms with van der Waals surface area (Å²) < 4.78 is 6.76. The number of carbonyl (C=O) groups is 1. The van der Waals surface area contributed by atoms with Gasteiger partial charge in [-0.1, -0.05) is 37.3 Å². The Kier molecular flexibility index (Phi) is 6.57. The van der Waals surface area contributed by atoms with Crippen molar-refractivity contribution >= 4 is 5.91 Å². The predicted molar refractivity (Wildman–Crippen MR) is 118 cm³/mol. The second-order valence-corrected chi connectivity index (χ2v) is 7.57.